The minimum Gasteiger partial charge on any atom is -0.325 e. The zero-order valence-corrected chi connectivity index (χ0v) is 9.37. The second-order valence-corrected chi connectivity index (χ2v) is 4.35. The number of carbonyl (C=O) groups is 1. The van der Waals surface area contributed by atoms with Crippen molar-refractivity contribution < 1.29 is 4.79 Å². The first-order chi connectivity index (χ1) is 6.88. The van der Waals surface area contributed by atoms with Crippen molar-refractivity contribution >= 4 is 11.6 Å². The van der Waals surface area contributed by atoms with Gasteiger partial charge in [0.1, 0.15) is 0 Å². The van der Waals surface area contributed by atoms with Gasteiger partial charge in [-0.05, 0) is 32.9 Å². The van der Waals surface area contributed by atoms with Crippen LogP contribution in [-0.4, -0.2) is 16.4 Å². The van der Waals surface area contributed by atoms with E-state index in [0.717, 1.165) is 11.4 Å². The smallest absolute Gasteiger partial charge is 0.226 e. The maximum atomic E-state index is 11.6. The molecular weight excluding hydrogens is 190 g/mol. The van der Waals surface area contributed by atoms with Gasteiger partial charge >= 0.3 is 0 Å². The van der Waals surface area contributed by atoms with Crippen LogP contribution in [0.5, 0.6) is 0 Å². The summed E-state index contributed by atoms with van der Waals surface area (Å²) in [7, 11) is 0. The molecule has 0 fully saturated rings. The van der Waals surface area contributed by atoms with Crippen LogP contribution < -0.4 is 11.1 Å². The number of aromatic nitrogens is 1. The van der Waals surface area contributed by atoms with Crippen LogP contribution in [0.2, 0.25) is 0 Å². The molecule has 0 atom stereocenters. The van der Waals surface area contributed by atoms with Crippen molar-refractivity contribution in [3.63, 3.8) is 0 Å². The van der Waals surface area contributed by atoms with E-state index in [9.17, 15) is 4.79 Å². The molecule has 4 nitrogen and oxygen atoms in total. The van der Waals surface area contributed by atoms with Gasteiger partial charge in [0.15, 0.2) is 0 Å². The molecule has 1 rings (SSSR count). The molecule has 0 radical (unpaired) electrons. The van der Waals surface area contributed by atoms with E-state index in [-0.39, 0.29) is 5.91 Å². The predicted molar refractivity (Wildman–Crippen MR) is 60.5 cm³/mol. The third kappa shape index (κ3) is 4.08. The van der Waals surface area contributed by atoms with Gasteiger partial charge in [0.25, 0.3) is 0 Å². The van der Waals surface area contributed by atoms with Crippen LogP contribution in [0, 0.1) is 6.92 Å². The molecule has 4 heteroatoms. The number of carbonyl (C=O) groups excluding carboxylic acids is 1. The zero-order valence-electron chi connectivity index (χ0n) is 9.37. The second-order valence-electron chi connectivity index (χ2n) is 4.35. The first kappa shape index (κ1) is 11.7. The highest BCUT2D eigenvalue weighted by molar-refractivity contribution is 5.91. The Balaban J connectivity index is 2.64. The number of hydrogen-bond acceptors (Lipinski definition) is 3. The minimum atomic E-state index is -0.486. The highest BCUT2D eigenvalue weighted by Crippen LogP contribution is 2.12. The molecule has 1 aromatic heterocycles. The van der Waals surface area contributed by atoms with Crippen molar-refractivity contribution in [3.05, 3.63) is 24.0 Å². The highest BCUT2D eigenvalue weighted by Gasteiger charge is 2.16. The van der Waals surface area contributed by atoms with Crippen molar-refractivity contribution in [2.24, 2.45) is 5.73 Å². The number of nitrogens with two attached hydrogens (primary N) is 1. The van der Waals surface area contributed by atoms with Gasteiger partial charge in [-0.15, -0.1) is 0 Å². The lowest BCUT2D eigenvalue weighted by Crippen LogP contribution is -2.36. The van der Waals surface area contributed by atoms with Gasteiger partial charge in [-0.3, -0.25) is 9.78 Å². The van der Waals surface area contributed by atoms with Gasteiger partial charge in [-0.1, -0.05) is 0 Å². The van der Waals surface area contributed by atoms with Gasteiger partial charge in [-0.2, -0.15) is 0 Å². The fourth-order valence-corrected chi connectivity index (χ4v) is 1.22. The molecule has 3 N–H and O–H groups in total. The fraction of sp³-hybridized carbons (Fsp3) is 0.455. The zero-order chi connectivity index (χ0) is 11.5. The summed E-state index contributed by atoms with van der Waals surface area (Å²) < 4.78 is 0. The largest absolute Gasteiger partial charge is 0.325 e. The Bertz CT molecular complexity index is 355. The van der Waals surface area contributed by atoms with E-state index in [1.807, 2.05) is 26.8 Å². The minimum absolute atomic E-state index is 0.0846. The van der Waals surface area contributed by atoms with E-state index in [0.29, 0.717) is 6.42 Å². The predicted octanol–water partition coefficient (Wildman–Crippen LogP) is 1.46. The van der Waals surface area contributed by atoms with E-state index in [4.69, 9.17) is 5.73 Å². The van der Waals surface area contributed by atoms with Crippen LogP contribution in [0.1, 0.15) is 26.0 Å². The van der Waals surface area contributed by atoms with Crippen LogP contribution in [0.4, 0.5) is 5.69 Å². The number of nitrogens with zero attached hydrogens (tertiary/aromatic N) is 1. The third-order valence-electron chi connectivity index (χ3n) is 1.90. The lowest BCUT2D eigenvalue weighted by Gasteiger charge is -2.17. The van der Waals surface area contributed by atoms with Crippen LogP contribution in [-0.2, 0) is 4.79 Å². The monoisotopic (exact) mass is 207 g/mol. The van der Waals surface area contributed by atoms with Gasteiger partial charge in [-0.25, -0.2) is 0 Å². The number of anilines is 1. The molecular formula is C11H17N3O. The molecule has 1 aromatic rings. The van der Waals surface area contributed by atoms with Crippen LogP contribution in [0.15, 0.2) is 18.3 Å². The Kier molecular flexibility index (Phi) is 3.42. The number of hydrogen-bond donors (Lipinski definition) is 2. The van der Waals surface area contributed by atoms with Crippen molar-refractivity contribution in [2.75, 3.05) is 5.32 Å². The van der Waals surface area contributed by atoms with Crippen molar-refractivity contribution in [3.8, 4) is 0 Å². The van der Waals surface area contributed by atoms with E-state index < -0.39 is 5.54 Å². The average molecular weight is 207 g/mol. The van der Waals surface area contributed by atoms with E-state index >= 15 is 0 Å². The molecule has 15 heavy (non-hydrogen) atoms. The lowest BCUT2D eigenvalue weighted by atomic mass is 10.0. The molecule has 0 aliphatic carbocycles. The Hall–Kier alpha value is -1.42. The Morgan fingerprint density at radius 3 is 2.80 bits per heavy atom. The summed E-state index contributed by atoms with van der Waals surface area (Å²) in [5.74, 6) is -0.0846. The Labute approximate surface area is 89.9 Å². The third-order valence-corrected chi connectivity index (χ3v) is 1.90. The van der Waals surface area contributed by atoms with Gasteiger partial charge in [0.05, 0.1) is 11.4 Å². The number of amides is 1. The second kappa shape index (κ2) is 4.40. The van der Waals surface area contributed by atoms with E-state index in [1.54, 1.807) is 12.3 Å². The van der Waals surface area contributed by atoms with Crippen LogP contribution in [0.3, 0.4) is 0 Å². The molecule has 0 spiro atoms. The van der Waals surface area contributed by atoms with Gasteiger partial charge in [0.2, 0.25) is 5.91 Å². The fourth-order valence-electron chi connectivity index (χ4n) is 1.22. The van der Waals surface area contributed by atoms with E-state index in [2.05, 4.69) is 10.3 Å². The Morgan fingerprint density at radius 2 is 2.27 bits per heavy atom. The summed E-state index contributed by atoms with van der Waals surface area (Å²) in [6.45, 7) is 5.49. The molecule has 0 bridgehead atoms. The summed E-state index contributed by atoms with van der Waals surface area (Å²) in [5, 5.41) is 2.79. The average Bonchev–Trinajstić information content (AvgIpc) is 2.05. The number of pyridine rings is 1. The molecule has 0 unspecified atom stereocenters. The first-order valence-electron chi connectivity index (χ1n) is 4.89. The van der Waals surface area contributed by atoms with Crippen LogP contribution >= 0.6 is 0 Å². The summed E-state index contributed by atoms with van der Waals surface area (Å²) in [4.78, 5) is 15.6. The summed E-state index contributed by atoms with van der Waals surface area (Å²) in [6, 6.07) is 3.61. The topological polar surface area (TPSA) is 68.0 Å². The highest BCUT2D eigenvalue weighted by atomic mass is 16.1. The molecule has 1 amide bonds. The van der Waals surface area contributed by atoms with Crippen molar-refractivity contribution in [1.29, 1.82) is 0 Å². The molecule has 0 aliphatic rings. The number of nitrogens with one attached hydrogen (secondary N) is 1. The summed E-state index contributed by atoms with van der Waals surface area (Å²) in [5.41, 5.74) is 6.81. The van der Waals surface area contributed by atoms with E-state index in [1.165, 1.54) is 0 Å². The maximum absolute atomic E-state index is 11.6. The Morgan fingerprint density at radius 1 is 1.60 bits per heavy atom. The number of rotatable bonds is 3. The van der Waals surface area contributed by atoms with Gasteiger partial charge < -0.3 is 11.1 Å². The standard InChI is InChI=1S/C11H17N3O/c1-8-9(5-4-6-13-8)14-10(15)7-11(2,3)12/h4-6H,7,12H2,1-3H3,(H,14,15). The van der Waals surface area contributed by atoms with Crippen molar-refractivity contribution in [2.45, 2.75) is 32.7 Å². The summed E-state index contributed by atoms with van der Waals surface area (Å²) in [6.07, 6.45) is 1.99. The molecule has 0 saturated carbocycles. The molecule has 1 heterocycles. The first-order valence-corrected chi connectivity index (χ1v) is 4.89. The molecule has 0 aromatic carbocycles. The normalized spacial score (nSPS) is 11.2. The van der Waals surface area contributed by atoms with Gasteiger partial charge in [0, 0.05) is 18.2 Å². The number of aryl methyl sites for hydroxylation is 1. The SMILES string of the molecule is Cc1ncccc1NC(=O)CC(C)(C)N. The summed E-state index contributed by atoms with van der Waals surface area (Å²) >= 11 is 0. The molecule has 0 aliphatic heterocycles. The molecule has 0 saturated heterocycles. The van der Waals surface area contributed by atoms with Crippen molar-refractivity contribution in [1.82, 2.24) is 4.98 Å². The van der Waals surface area contributed by atoms with Crippen LogP contribution in [0.25, 0.3) is 0 Å². The lowest BCUT2D eigenvalue weighted by molar-refractivity contribution is -0.117. The quantitative estimate of drug-likeness (QED) is 0.788. The molecule has 82 valence electrons. The maximum Gasteiger partial charge on any atom is 0.226 e.